The Morgan fingerprint density at radius 1 is 1.21 bits per heavy atom. The van der Waals surface area contributed by atoms with Gasteiger partial charge in [0.15, 0.2) is 5.78 Å². The van der Waals surface area contributed by atoms with Crippen LogP contribution in [0.5, 0.6) is 0 Å². The first-order valence-electron chi connectivity index (χ1n) is 6.42. The average Bonchev–Trinajstić information content (AvgIpc) is 2.86. The molecule has 0 unspecified atom stereocenters. The van der Waals surface area contributed by atoms with Crippen molar-refractivity contribution in [1.29, 1.82) is 0 Å². The lowest BCUT2D eigenvalue weighted by Crippen LogP contribution is -1.99. The number of hydrogen-bond donors (Lipinski definition) is 0. The lowest BCUT2D eigenvalue weighted by Gasteiger charge is -2.05. The van der Waals surface area contributed by atoms with Crippen molar-refractivity contribution in [2.24, 2.45) is 0 Å². The fourth-order valence-electron chi connectivity index (χ4n) is 1.89. The molecule has 0 saturated carbocycles. The van der Waals surface area contributed by atoms with E-state index in [1.54, 1.807) is 23.1 Å². The van der Waals surface area contributed by atoms with Gasteiger partial charge in [-0.25, -0.2) is 0 Å². The number of rotatable bonds is 5. The molecule has 2 rings (SSSR count). The van der Waals surface area contributed by atoms with Crippen LogP contribution in [0.4, 0.5) is 0 Å². The number of benzene rings is 1. The van der Waals surface area contributed by atoms with Crippen LogP contribution in [0.15, 0.2) is 35.2 Å². The van der Waals surface area contributed by atoms with Gasteiger partial charge in [-0.15, -0.1) is 23.1 Å². The van der Waals surface area contributed by atoms with E-state index in [4.69, 9.17) is 0 Å². The van der Waals surface area contributed by atoms with Gasteiger partial charge in [-0.3, -0.25) is 4.79 Å². The van der Waals surface area contributed by atoms with E-state index in [-0.39, 0.29) is 5.78 Å². The minimum atomic E-state index is 0.231. The number of Topliss-reactive ketones (excluding diaryl/α,β-unsaturated/α-hetero) is 1. The summed E-state index contributed by atoms with van der Waals surface area (Å²) >= 11 is 3.25. The van der Waals surface area contributed by atoms with Gasteiger partial charge in [-0.05, 0) is 44.0 Å². The molecule has 0 fully saturated rings. The fraction of sp³-hybridized carbons (Fsp3) is 0.312. The number of thiophene rings is 1. The van der Waals surface area contributed by atoms with Crippen LogP contribution in [0.3, 0.4) is 0 Å². The molecular weight excluding hydrogens is 272 g/mol. The van der Waals surface area contributed by atoms with E-state index < -0.39 is 0 Å². The zero-order valence-corrected chi connectivity index (χ0v) is 13.2. The maximum absolute atomic E-state index is 12.1. The van der Waals surface area contributed by atoms with Crippen LogP contribution < -0.4 is 0 Å². The van der Waals surface area contributed by atoms with Crippen molar-refractivity contribution in [3.05, 3.63) is 51.2 Å². The van der Waals surface area contributed by atoms with Crippen molar-refractivity contribution in [3.63, 3.8) is 0 Å². The van der Waals surface area contributed by atoms with Gasteiger partial charge in [-0.1, -0.05) is 24.6 Å². The maximum atomic E-state index is 12.1. The minimum Gasteiger partial charge on any atom is -0.292 e. The van der Waals surface area contributed by atoms with Crippen molar-refractivity contribution in [2.45, 2.75) is 32.1 Å². The summed E-state index contributed by atoms with van der Waals surface area (Å²) in [6.07, 6.45) is 1.00. The summed E-state index contributed by atoms with van der Waals surface area (Å²) in [4.78, 5) is 15.5. The lowest BCUT2D eigenvalue weighted by molar-refractivity contribution is 0.102. The van der Waals surface area contributed by atoms with Crippen LogP contribution in [0.25, 0.3) is 0 Å². The van der Waals surface area contributed by atoms with Crippen molar-refractivity contribution in [2.75, 3.05) is 5.75 Å². The van der Waals surface area contributed by atoms with E-state index in [2.05, 4.69) is 45.0 Å². The highest BCUT2D eigenvalue weighted by Gasteiger charge is 2.10. The van der Waals surface area contributed by atoms with Crippen LogP contribution in [0.1, 0.15) is 32.6 Å². The molecule has 3 heteroatoms. The molecule has 0 atom stereocenters. The highest BCUT2D eigenvalue weighted by Crippen LogP contribution is 2.25. The predicted molar refractivity (Wildman–Crippen MR) is 84.7 cm³/mol. The highest BCUT2D eigenvalue weighted by atomic mass is 32.2. The standard InChI is InChI=1S/C16H18OS2/c1-4-13-6-8-16(19-13)14(17)10-18-15-7-5-11(2)9-12(15)3/h5-9H,4,10H2,1-3H3. The van der Waals surface area contributed by atoms with E-state index in [9.17, 15) is 4.79 Å². The van der Waals surface area contributed by atoms with Crippen LogP contribution in [0.2, 0.25) is 0 Å². The van der Waals surface area contributed by atoms with E-state index >= 15 is 0 Å². The Balaban J connectivity index is 2.00. The molecule has 0 radical (unpaired) electrons. The molecule has 0 aliphatic rings. The Morgan fingerprint density at radius 2 is 2.00 bits per heavy atom. The van der Waals surface area contributed by atoms with Crippen molar-refractivity contribution < 1.29 is 4.79 Å². The molecule has 0 saturated heterocycles. The quantitative estimate of drug-likeness (QED) is 0.575. The molecule has 0 amide bonds. The van der Waals surface area contributed by atoms with Crippen molar-refractivity contribution in [3.8, 4) is 0 Å². The first-order chi connectivity index (χ1) is 9.10. The normalized spacial score (nSPS) is 10.7. The number of thioether (sulfide) groups is 1. The molecule has 1 aromatic heterocycles. The molecule has 0 spiro atoms. The Kier molecular flexibility index (Phi) is 4.83. The van der Waals surface area contributed by atoms with Crippen LogP contribution in [-0.4, -0.2) is 11.5 Å². The Labute approximate surface area is 123 Å². The van der Waals surface area contributed by atoms with Gasteiger partial charge in [0.05, 0.1) is 10.6 Å². The first kappa shape index (κ1) is 14.4. The van der Waals surface area contributed by atoms with E-state index in [1.165, 1.54) is 20.9 Å². The summed E-state index contributed by atoms with van der Waals surface area (Å²) in [6, 6.07) is 10.4. The lowest BCUT2D eigenvalue weighted by atomic mass is 10.2. The largest absolute Gasteiger partial charge is 0.292 e. The fourth-order valence-corrected chi connectivity index (χ4v) is 3.76. The molecule has 0 N–H and O–H groups in total. The number of carbonyl (C=O) groups is 1. The summed E-state index contributed by atoms with van der Waals surface area (Å²) in [5.74, 6) is 0.753. The second-order valence-corrected chi connectivity index (χ2v) is 6.79. The van der Waals surface area contributed by atoms with Crippen LogP contribution in [-0.2, 0) is 6.42 Å². The molecule has 0 aliphatic carbocycles. The zero-order valence-electron chi connectivity index (χ0n) is 11.5. The topological polar surface area (TPSA) is 17.1 Å². The molecule has 19 heavy (non-hydrogen) atoms. The third kappa shape index (κ3) is 3.71. The number of aryl methyl sites for hydroxylation is 3. The first-order valence-corrected chi connectivity index (χ1v) is 8.22. The van der Waals surface area contributed by atoms with Crippen molar-refractivity contribution >= 4 is 28.9 Å². The van der Waals surface area contributed by atoms with Gasteiger partial charge in [0.25, 0.3) is 0 Å². The van der Waals surface area contributed by atoms with Gasteiger partial charge < -0.3 is 0 Å². The number of hydrogen-bond acceptors (Lipinski definition) is 3. The van der Waals surface area contributed by atoms with Crippen molar-refractivity contribution in [1.82, 2.24) is 0 Å². The van der Waals surface area contributed by atoms with Crippen LogP contribution >= 0.6 is 23.1 Å². The van der Waals surface area contributed by atoms with Gasteiger partial charge in [0, 0.05) is 9.77 Å². The van der Waals surface area contributed by atoms with Gasteiger partial charge in [0.2, 0.25) is 0 Å². The third-order valence-corrected chi connectivity index (χ3v) is 5.42. The zero-order chi connectivity index (χ0) is 13.8. The number of ketones is 1. The summed E-state index contributed by atoms with van der Waals surface area (Å²) in [5, 5.41) is 0. The van der Waals surface area contributed by atoms with Crippen LogP contribution in [0, 0.1) is 13.8 Å². The summed E-state index contributed by atoms with van der Waals surface area (Å²) in [5.41, 5.74) is 2.51. The molecule has 0 bridgehead atoms. The summed E-state index contributed by atoms with van der Waals surface area (Å²) in [6.45, 7) is 6.30. The Hall–Kier alpha value is -1.06. The maximum Gasteiger partial charge on any atom is 0.182 e. The summed E-state index contributed by atoms with van der Waals surface area (Å²) < 4.78 is 0. The minimum absolute atomic E-state index is 0.231. The average molecular weight is 290 g/mol. The monoisotopic (exact) mass is 290 g/mol. The third-order valence-electron chi connectivity index (χ3n) is 2.97. The predicted octanol–water partition coefficient (Wildman–Crippen LogP) is 4.90. The summed E-state index contributed by atoms with van der Waals surface area (Å²) in [7, 11) is 0. The van der Waals surface area contributed by atoms with E-state index in [0.717, 1.165) is 11.3 Å². The molecule has 100 valence electrons. The highest BCUT2D eigenvalue weighted by molar-refractivity contribution is 8.00. The molecule has 1 nitrogen and oxygen atoms in total. The number of carbonyl (C=O) groups excluding carboxylic acids is 1. The van der Waals surface area contributed by atoms with E-state index in [1.807, 2.05) is 6.07 Å². The SMILES string of the molecule is CCc1ccc(C(=O)CSc2ccc(C)cc2C)s1. The molecule has 0 aliphatic heterocycles. The molecule has 1 aromatic carbocycles. The van der Waals surface area contributed by atoms with Gasteiger partial charge in [0.1, 0.15) is 0 Å². The second-order valence-electron chi connectivity index (χ2n) is 4.60. The van der Waals surface area contributed by atoms with Gasteiger partial charge >= 0.3 is 0 Å². The molecule has 2 aromatic rings. The van der Waals surface area contributed by atoms with Gasteiger partial charge in [-0.2, -0.15) is 0 Å². The molecular formula is C16H18OS2. The smallest absolute Gasteiger partial charge is 0.182 e. The Bertz CT molecular complexity index is 584. The molecule has 1 heterocycles. The second kappa shape index (κ2) is 6.40. The Morgan fingerprint density at radius 3 is 2.63 bits per heavy atom. The van der Waals surface area contributed by atoms with E-state index in [0.29, 0.717) is 5.75 Å².